The topological polar surface area (TPSA) is 122 Å². The van der Waals surface area contributed by atoms with Crippen molar-refractivity contribution in [3.63, 3.8) is 0 Å². The van der Waals surface area contributed by atoms with Crippen LogP contribution in [0, 0.1) is 0 Å². The van der Waals surface area contributed by atoms with Crippen LogP contribution in [0.15, 0.2) is 29.2 Å². The lowest BCUT2D eigenvalue weighted by Crippen LogP contribution is -2.29. The average molecular weight is 416 g/mol. The van der Waals surface area contributed by atoms with Gasteiger partial charge in [0.25, 0.3) is 0 Å². The van der Waals surface area contributed by atoms with E-state index in [4.69, 9.17) is 14.2 Å². The quantitative estimate of drug-likeness (QED) is 0.338. The molecule has 1 aromatic rings. The van der Waals surface area contributed by atoms with Gasteiger partial charge in [0.1, 0.15) is 0 Å². The highest BCUT2D eigenvalue weighted by atomic mass is 32.2. The molecule has 0 amide bonds. The molecule has 0 saturated heterocycles. The molecule has 0 N–H and O–H groups in total. The zero-order valence-corrected chi connectivity index (χ0v) is 17.0. The summed E-state index contributed by atoms with van der Waals surface area (Å²) in [4.78, 5) is 35.0. The molecule has 0 aliphatic carbocycles. The minimum absolute atomic E-state index is 0.0464. The van der Waals surface area contributed by atoms with E-state index in [0.717, 1.165) is 6.26 Å². The maximum Gasteiger partial charge on any atom is 0.512 e. The fourth-order valence-corrected chi connectivity index (χ4v) is 2.75. The Bertz CT molecular complexity index is 801. The smallest absolute Gasteiger partial charge is 0.463 e. The fraction of sp³-hybridized carbons (Fsp3) is 0.500. The average Bonchev–Trinajstić information content (AvgIpc) is 2.59. The molecule has 0 heterocycles. The number of carbonyl (C=O) groups excluding carboxylic acids is 3. The van der Waals surface area contributed by atoms with E-state index in [1.54, 1.807) is 19.1 Å². The van der Waals surface area contributed by atoms with Gasteiger partial charge < -0.3 is 18.9 Å². The Morgan fingerprint density at radius 3 is 2.36 bits per heavy atom. The minimum atomic E-state index is -3.34. The molecule has 2 atom stereocenters. The highest BCUT2D eigenvalue weighted by molar-refractivity contribution is 7.90. The van der Waals surface area contributed by atoms with Crippen LogP contribution in [0.25, 0.3) is 0 Å². The molecule has 1 unspecified atom stereocenters. The lowest BCUT2D eigenvalue weighted by Gasteiger charge is -2.16. The van der Waals surface area contributed by atoms with Gasteiger partial charge in [-0.2, -0.15) is 0 Å². The molecule has 0 radical (unpaired) electrons. The molecule has 9 nitrogen and oxygen atoms in total. The highest BCUT2D eigenvalue weighted by Gasteiger charge is 2.22. The number of carbonyl (C=O) groups is 3. The van der Waals surface area contributed by atoms with Crippen molar-refractivity contribution in [2.24, 2.45) is 0 Å². The van der Waals surface area contributed by atoms with Gasteiger partial charge in [-0.25, -0.2) is 18.0 Å². The van der Waals surface area contributed by atoms with E-state index < -0.39 is 40.3 Å². The van der Waals surface area contributed by atoms with Crippen molar-refractivity contribution in [1.82, 2.24) is 0 Å². The first-order chi connectivity index (χ1) is 13.0. The first-order valence-corrected chi connectivity index (χ1v) is 10.4. The van der Waals surface area contributed by atoms with E-state index in [1.165, 1.54) is 26.0 Å². The number of ether oxygens (including phenoxy) is 4. The van der Waals surface area contributed by atoms with E-state index in [-0.39, 0.29) is 24.3 Å². The number of aryl methyl sites for hydroxylation is 1. The molecule has 156 valence electrons. The van der Waals surface area contributed by atoms with Crippen molar-refractivity contribution < 1.29 is 41.7 Å². The Morgan fingerprint density at radius 1 is 1.07 bits per heavy atom. The van der Waals surface area contributed by atoms with Gasteiger partial charge in [0.15, 0.2) is 15.9 Å². The Kier molecular flexibility index (Phi) is 8.90. The van der Waals surface area contributed by atoms with Gasteiger partial charge in [-0.15, -0.1) is 0 Å². The van der Waals surface area contributed by atoms with Gasteiger partial charge in [0, 0.05) is 19.6 Å². The normalized spacial score (nSPS) is 13.1. The molecule has 1 aromatic carbocycles. The van der Waals surface area contributed by atoms with E-state index in [0.29, 0.717) is 5.56 Å². The van der Waals surface area contributed by atoms with E-state index >= 15 is 0 Å². The first kappa shape index (κ1) is 23.4. The van der Waals surface area contributed by atoms with Gasteiger partial charge in [-0.05, 0) is 38.0 Å². The standard InChI is InChI=1S/C18H24O9S/c1-5-24-17(20)12(2)25-18(21)27-13(3)26-16(19)10-9-14-7-6-8-15(11-14)28(4,22)23/h6-8,11-13H,5,9-10H2,1-4H3/t12-,13?/m1/s1. The summed E-state index contributed by atoms with van der Waals surface area (Å²) in [5.41, 5.74) is 0.649. The third-order valence-corrected chi connectivity index (χ3v) is 4.51. The van der Waals surface area contributed by atoms with Crippen LogP contribution in [0.1, 0.15) is 32.8 Å². The molecule has 0 bridgehead atoms. The number of benzene rings is 1. The van der Waals surface area contributed by atoms with Gasteiger partial charge in [0.05, 0.1) is 11.5 Å². The van der Waals surface area contributed by atoms with E-state index in [9.17, 15) is 22.8 Å². The van der Waals surface area contributed by atoms with Crippen molar-refractivity contribution in [3.8, 4) is 0 Å². The predicted octanol–water partition coefficient (Wildman–Crippen LogP) is 2.02. The Labute approximate surface area is 163 Å². The van der Waals surface area contributed by atoms with Crippen molar-refractivity contribution >= 4 is 27.9 Å². The van der Waals surface area contributed by atoms with Gasteiger partial charge in [-0.3, -0.25) is 4.79 Å². The summed E-state index contributed by atoms with van der Waals surface area (Å²) in [5, 5.41) is 0. The summed E-state index contributed by atoms with van der Waals surface area (Å²) in [5.74, 6) is -1.37. The zero-order valence-electron chi connectivity index (χ0n) is 16.2. The lowest BCUT2D eigenvalue weighted by atomic mass is 10.1. The molecule has 10 heteroatoms. The number of rotatable bonds is 9. The van der Waals surface area contributed by atoms with Crippen LogP contribution in [-0.2, 0) is 44.8 Å². The van der Waals surface area contributed by atoms with Crippen molar-refractivity contribution in [1.29, 1.82) is 0 Å². The SMILES string of the molecule is CCOC(=O)[C@@H](C)OC(=O)OC(C)OC(=O)CCc1cccc(S(C)(=O)=O)c1. The molecule has 1 rings (SSSR count). The predicted molar refractivity (Wildman–Crippen MR) is 97.1 cm³/mol. The second kappa shape index (κ2) is 10.6. The van der Waals surface area contributed by atoms with Crippen molar-refractivity contribution in [2.45, 2.75) is 50.9 Å². The molecule has 28 heavy (non-hydrogen) atoms. The third-order valence-electron chi connectivity index (χ3n) is 3.40. The summed E-state index contributed by atoms with van der Waals surface area (Å²) in [7, 11) is -3.34. The second-order valence-corrected chi connectivity index (χ2v) is 7.87. The van der Waals surface area contributed by atoms with Crippen LogP contribution in [0.3, 0.4) is 0 Å². The lowest BCUT2D eigenvalue weighted by molar-refractivity contribution is -0.171. The van der Waals surface area contributed by atoms with Crippen LogP contribution >= 0.6 is 0 Å². The van der Waals surface area contributed by atoms with Crippen LogP contribution < -0.4 is 0 Å². The maximum absolute atomic E-state index is 11.9. The van der Waals surface area contributed by atoms with Crippen molar-refractivity contribution in [2.75, 3.05) is 12.9 Å². The maximum atomic E-state index is 11.9. The third kappa shape index (κ3) is 8.38. The minimum Gasteiger partial charge on any atom is -0.463 e. The van der Waals surface area contributed by atoms with Crippen LogP contribution in [0.2, 0.25) is 0 Å². The first-order valence-electron chi connectivity index (χ1n) is 8.55. The summed E-state index contributed by atoms with van der Waals surface area (Å²) in [6.07, 6.45) is -2.26. The largest absolute Gasteiger partial charge is 0.512 e. The fourth-order valence-electron chi connectivity index (χ4n) is 2.06. The van der Waals surface area contributed by atoms with E-state index in [1.807, 2.05) is 0 Å². The highest BCUT2D eigenvalue weighted by Crippen LogP contribution is 2.13. The Hall–Kier alpha value is -2.62. The Morgan fingerprint density at radius 2 is 1.75 bits per heavy atom. The molecule has 0 aliphatic heterocycles. The number of sulfone groups is 1. The van der Waals surface area contributed by atoms with Crippen LogP contribution in [0.4, 0.5) is 4.79 Å². The summed E-state index contributed by atoms with van der Waals surface area (Å²) in [6.45, 7) is 4.39. The summed E-state index contributed by atoms with van der Waals surface area (Å²) < 4.78 is 42.2. The Balaban J connectivity index is 2.44. The molecule has 0 fully saturated rings. The van der Waals surface area contributed by atoms with Gasteiger partial charge in [0.2, 0.25) is 6.29 Å². The zero-order chi connectivity index (χ0) is 21.3. The summed E-state index contributed by atoms with van der Waals surface area (Å²) >= 11 is 0. The molecule has 0 spiro atoms. The van der Waals surface area contributed by atoms with Crippen LogP contribution in [-0.4, -0.2) is 51.8 Å². The van der Waals surface area contributed by atoms with E-state index in [2.05, 4.69) is 4.74 Å². The van der Waals surface area contributed by atoms with Gasteiger partial charge >= 0.3 is 18.1 Å². The second-order valence-electron chi connectivity index (χ2n) is 5.86. The molecule has 0 saturated carbocycles. The summed E-state index contributed by atoms with van der Waals surface area (Å²) in [6, 6.07) is 6.23. The number of hydrogen-bond donors (Lipinski definition) is 0. The number of hydrogen-bond acceptors (Lipinski definition) is 9. The molecule has 0 aromatic heterocycles. The molecular weight excluding hydrogens is 392 g/mol. The monoisotopic (exact) mass is 416 g/mol. The van der Waals surface area contributed by atoms with Crippen LogP contribution in [0.5, 0.6) is 0 Å². The van der Waals surface area contributed by atoms with Gasteiger partial charge in [-0.1, -0.05) is 12.1 Å². The number of esters is 2. The molecule has 0 aliphatic rings. The van der Waals surface area contributed by atoms with Crippen molar-refractivity contribution in [3.05, 3.63) is 29.8 Å². The molecular formula is C18H24O9S.